The molecule has 1 rings (SSSR count). The first-order valence-corrected chi connectivity index (χ1v) is 6.97. The Morgan fingerprint density at radius 2 is 2.05 bits per heavy atom. The summed E-state index contributed by atoms with van der Waals surface area (Å²) in [6.07, 6.45) is 1.29. The van der Waals surface area contributed by atoms with Gasteiger partial charge in [0.15, 0.2) is 0 Å². The molecule has 0 saturated heterocycles. The van der Waals surface area contributed by atoms with Gasteiger partial charge < -0.3 is 20.5 Å². The quantitative estimate of drug-likeness (QED) is 0.719. The van der Waals surface area contributed by atoms with Crippen molar-refractivity contribution >= 4 is 11.7 Å². The summed E-state index contributed by atoms with van der Waals surface area (Å²) >= 11 is 0. The first-order valence-electron chi connectivity index (χ1n) is 6.97. The minimum Gasteiger partial charge on any atom is -0.497 e. The van der Waals surface area contributed by atoms with E-state index in [0.717, 1.165) is 12.8 Å². The smallest absolute Gasteiger partial charge is 0.319 e. The van der Waals surface area contributed by atoms with Crippen molar-refractivity contribution in [1.29, 1.82) is 0 Å². The number of carbonyl (C=O) groups excluding carboxylic acids is 1. The number of methoxy groups -OCH3 is 1. The van der Waals surface area contributed by atoms with Crippen LogP contribution >= 0.6 is 0 Å². The molecule has 2 amide bonds. The van der Waals surface area contributed by atoms with Crippen LogP contribution in [0, 0.1) is 5.92 Å². The van der Waals surface area contributed by atoms with E-state index in [1.807, 2.05) is 13.8 Å². The monoisotopic (exact) mass is 280 g/mol. The maximum atomic E-state index is 11.7. The standard InChI is InChI=1S/C15H24N2O3/c1-4-11(5-2)14(18)10-16-15(19)17-12-7-6-8-13(9-12)20-3/h6-9,11,14,18H,4-5,10H2,1-3H3,(H2,16,17,19)/t14-/m0/s1. The SMILES string of the molecule is CCC(CC)[C@@H](O)CNC(=O)Nc1cccc(OC)c1. The fourth-order valence-electron chi connectivity index (χ4n) is 2.07. The predicted octanol–water partition coefficient (Wildman–Crippen LogP) is 2.61. The van der Waals surface area contributed by atoms with Crippen molar-refractivity contribution in [2.75, 3.05) is 19.0 Å². The highest BCUT2D eigenvalue weighted by Crippen LogP contribution is 2.16. The Morgan fingerprint density at radius 1 is 1.35 bits per heavy atom. The average molecular weight is 280 g/mol. The number of nitrogens with one attached hydrogen (secondary N) is 2. The van der Waals surface area contributed by atoms with Crippen LogP contribution in [0.2, 0.25) is 0 Å². The van der Waals surface area contributed by atoms with Crippen LogP contribution in [0.5, 0.6) is 5.75 Å². The Labute approximate surface area is 120 Å². The van der Waals surface area contributed by atoms with Crippen molar-refractivity contribution < 1.29 is 14.6 Å². The van der Waals surface area contributed by atoms with E-state index in [0.29, 0.717) is 11.4 Å². The zero-order chi connectivity index (χ0) is 15.0. The highest BCUT2D eigenvalue weighted by molar-refractivity contribution is 5.89. The highest BCUT2D eigenvalue weighted by atomic mass is 16.5. The summed E-state index contributed by atoms with van der Waals surface area (Å²) < 4.78 is 5.08. The first-order chi connectivity index (χ1) is 9.60. The molecule has 5 heteroatoms. The lowest BCUT2D eigenvalue weighted by atomic mass is 9.97. The number of carbonyl (C=O) groups is 1. The van der Waals surface area contributed by atoms with Crippen molar-refractivity contribution in [1.82, 2.24) is 5.32 Å². The largest absolute Gasteiger partial charge is 0.497 e. The third-order valence-corrected chi connectivity index (χ3v) is 3.39. The second-order valence-electron chi connectivity index (χ2n) is 4.71. The summed E-state index contributed by atoms with van der Waals surface area (Å²) in [6.45, 7) is 4.32. The third-order valence-electron chi connectivity index (χ3n) is 3.39. The van der Waals surface area contributed by atoms with Crippen LogP contribution in [-0.4, -0.2) is 30.9 Å². The van der Waals surface area contributed by atoms with Crippen LogP contribution < -0.4 is 15.4 Å². The molecule has 0 heterocycles. The van der Waals surface area contributed by atoms with Gasteiger partial charge in [0, 0.05) is 18.3 Å². The number of aliphatic hydroxyl groups excluding tert-OH is 1. The molecule has 0 spiro atoms. The molecule has 1 atom stereocenters. The number of anilines is 1. The van der Waals surface area contributed by atoms with Crippen LogP contribution in [0.4, 0.5) is 10.5 Å². The molecule has 0 bridgehead atoms. The highest BCUT2D eigenvalue weighted by Gasteiger charge is 2.16. The molecule has 20 heavy (non-hydrogen) atoms. The van der Waals surface area contributed by atoms with E-state index in [9.17, 15) is 9.90 Å². The van der Waals surface area contributed by atoms with Gasteiger partial charge in [-0.1, -0.05) is 32.8 Å². The van der Waals surface area contributed by atoms with Gasteiger partial charge in [0.25, 0.3) is 0 Å². The van der Waals surface area contributed by atoms with Gasteiger partial charge in [-0.25, -0.2) is 4.79 Å². The van der Waals surface area contributed by atoms with E-state index in [1.165, 1.54) is 0 Å². The molecule has 0 aliphatic heterocycles. The Morgan fingerprint density at radius 3 is 2.65 bits per heavy atom. The molecule has 1 aromatic carbocycles. The van der Waals surface area contributed by atoms with Crippen LogP contribution in [-0.2, 0) is 0 Å². The number of hydrogen-bond donors (Lipinski definition) is 3. The molecule has 0 saturated carbocycles. The van der Waals surface area contributed by atoms with Crippen LogP contribution in [0.15, 0.2) is 24.3 Å². The number of hydrogen-bond acceptors (Lipinski definition) is 3. The Bertz CT molecular complexity index is 419. The summed E-state index contributed by atoms with van der Waals surface area (Å²) in [5.74, 6) is 0.895. The molecule has 5 nitrogen and oxygen atoms in total. The lowest BCUT2D eigenvalue weighted by Gasteiger charge is -2.20. The van der Waals surface area contributed by atoms with Crippen molar-refractivity contribution in [3.05, 3.63) is 24.3 Å². The van der Waals surface area contributed by atoms with Crippen LogP contribution in [0.25, 0.3) is 0 Å². The van der Waals surface area contributed by atoms with Gasteiger partial charge in [-0.2, -0.15) is 0 Å². The lowest BCUT2D eigenvalue weighted by Crippen LogP contribution is -2.38. The normalized spacial score (nSPS) is 12.1. The number of benzene rings is 1. The van der Waals surface area contributed by atoms with Gasteiger partial charge in [0.05, 0.1) is 13.2 Å². The first kappa shape index (κ1) is 16.3. The van der Waals surface area contributed by atoms with Gasteiger partial charge in [0.1, 0.15) is 5.75 Å². The molecule has 0 aromatic heterocycles. The lowest BCUT2D eigenvalue weighted by molar-refractivity contribution is 0.104. The summed E-state index contributed by atoms with van der Waals surface area (Å²) in [7, 11) is 1.57. The van der Waals surface area contributed by atoms with Gasteiger partial charge in [0.2, 0.25) is 0 Å². The molecule has 0 fully saturated rings. The van der Waals surface area contributed by atoms with E-state index in [1.54, 1.807) is 31.4 Å². The maximum Gasteiger partial charge on any atom is 0.319 e. The van der Waals surface area contributed by atoms with Gasteiger partial charge >= 0.3 is 6.03 Å². The topological polar surface area (TPSA) is 70.6 Å². The van der Waals surface area contributed by atoms with E-state index in [4.69, 9.17) is 4.74 Å². The molecule has 3 N–H and O–H groups in total. The molecule has 112 valence electrons. The second-order valence-corrected chi connectivity index (χ2v) is 4.71. The number of aliphatic hydroxyl groups is 1. The molecule has 1 aromatic rings. The molecular formula is C15H24N2O3. The van der Waals surface area contributed by atoms with E-state index in [-0.39, 0.29) is 18.5 Å². The van der Waals surface area contributed by atoms with Crippen LogP contribution in [0.3, 0.4) is 0 Å². The molecular weight excluding hydrogens is 256 g/mol. The number of ether oxygens (including phenoxy) is 1. The third kappa shape index (κ3) is 5.09. The molecule has 0 aliphatic rings. The van der Waals surface area contributed by atoms with Gasteiger partial charge in [-0.3, -0.25) is 0 Å². The van der Waals surface area contributed by atoms with Crippen LogP contribution in [0.1, 0.15) is 26.7 Å². The molecule has 0 unspecified atom stereocenters. The summed E-state index contributed by atoms with van der Waals surface area (Å²) in [6, 6.07) is 6.78. The van der Waals surface area contributed by atoms with Crippen molar-refractivity contribution in [2.24, 2.45) is 5.92 Å². The van der Waals surface area contributed by atoms with E-state index in [2.05, 4.69) is 10.6 Å². The molecule has 0 aliphatic carbocycles. The van der Waals surface area contributed by atoms with Crippen molar-refractivity contribution in [3.63, 3.8) is 0 Å². The Kier molecular flexibility index (Phi) is 6.87. The number of urea groups is 1. The predicted molar refractivity (Wildman–Crippen MR) is 80.1 cm³/mol. The summed E-state index contributed by atoms with van der Waals surface area (Å²) in [5, 5.41) is 15.3. The number of rotatable bonds is 7. The zero-order valence-electron chi connectivity index (χ0n) is 12.3. The second kappa shape index (κ2) is 8.43. The number of amides is 2. The van der Waals surface area contributed by atoms with Gasteiger partial charge in [-0.05, 0) is 18.1 Å². The minimum absolute atomic E-state index is 0.215. The minimum atomic E-state index is -0.513. The zero-order valence-corrected chi connectivity index (χ0v) is 12.3. The fourth-order valence-corrected chi connectivity index (χ4v) is 2.07. The molecule has 0 radical (unpaired) electrons. The average Bonchev–Trinajstić information content (AvgIpc) is 2.46. The summed E-state index contributed by atoms with van der Waals surface area (Å²) in [4.78, 5) is 11.7. The van der Waals surface area contributed by atoms with E-state index < -0.39 is 6.10 Å². The van der Waals surface area contributed by atoms with Crippen molar-refractivity contribution in [2.45, 2.75) is 32.8 Å². The van der Waals surface area contributed by atoms with Gasteiger partial charge in [-0.15, -0.1) is 0 Å². The summed E-state index contributed by atoms with van der Waals surface area (Å²) in [5.41, 5.74) is 0.652. The Hall–Kier alpha value is -1.75. The van der Waals surface area contributed by atoms with Crippen molar-refractivity contribution in [3.8, 4) is 5.75 Å². The maximum absolute atomic E-state index is 11.7. The fraction of sp³-hybridized carbons (Fsp3) is 0.533. The van der Waals surface area contributed by atoms with E-state index >= 15 is 0 Å². The Balaban J connectivity index is 2.43.